The molecule has 0 saturated carbocycles. The molecule has 0 aromatic heterocycles. The summed E-state index contributed by atoms with van der Waals surface area (Å²) in [6.07, 6.45) is 4.83. The van der Waals surface area contributed by atoms with E-state index < -0.39 is 11.9 Å². The van der Waals surface area contributed by atoms with E-state index in [4.69, 9.17) is 9.84 Å². The van der Waals surface area contributed by atoms with Crippen LogP contribution in [0.4, 0.5) is 0 Å². The summed E-state index contributed by atoms with van der Waals surface area (Å²) < 4.78 is 9.36. The van der Waals surface area contributed by atoms with Crippen molar-refractivity contribution in [3.8, 4) is 0 Å². The van der Waals surface area contributed by atoms with Crippen molar-refractivity contribution in [2.75, 3.05) is 13.2 Å². The van der Waals surface area contributed by atoms with Gasteiger partial charge < -0.3 is 14.6 Å². The lowest BCUT2D eigenvalue weighted by Gasteiger charge is -2.02. The second-order valence-corrected chi connectivity index (χ2v) is 2.89. The molecule has 0 fully saturated rings. The molecule has 0 atom stereocenters. The Morgan fingerprint density at radius 2 is 1.73 bits per heavy atom. The van der Waals surface area contributed by atoms with Gasteiger partial charge in [0, 0.05) is 0 Å². The van der Waals surface area contributed by atoms with Crippen LogP contribution in [0.25, 0.3) is 0 Å². The summed E-state index contributed by atoms with van der Waals surface area (Å²) in [5.74, 6) is -2.74. The van der Waals surface area contributed by atoms with Gasteiger partial charge in [0.2, 0.25) is 0 Å². The normalized spacial score (nSPS) is 9.33. The minimum Gasteiger partial charge on any atom is -0.502 e. The predicted octanol–water partition coefficient (Wildman–Crippen LogP) is 1.33. The Labute approximate surface area is 88.7 Å². The first kappa shape index (κ1) is 13.5. The fraction of sp³-hybridized carbons (Fsp3) is 0.600. The first-order chi connectivity index (χ1) is 7.18. The van der Waals surface area contributed by atoms with Gasteiger partial charge in [-0.15, -0.1) is 0 Å². The van der Waals surface area contributed by atoms with Crippen molar-refractivity contribution in [1.29, 1.82) is 0 Å². The van der Waals surface area contributed by atoms with Crippen LogP contribution in [0.5, 0.6) is 0 Å². The number of carbonyl (C=O) groups is 2. The molecule has 0 heterocycles. The Kier molecular flexibility index (Phi) is 8.13. The fourth-order valence-electron chi connectivity index (χ4n) is 0.951. The van der Waals surface area contributed by atoms with Crippen LogP contribution in [0.2, 0.25) is 0 Å². The summed E-state index contributed by atoms with van der Waals surface area (Å²) in [6, 6.07) is 0. The molecule has 0 bridgehead atoms. The summed E-state index contributed by atoms with van der Waals surface area (Å²) in [6.45, 7) is 4.21. The Bertz CT molecular complexity index is 212. The summed E-state index contributed by atoms with van der Waals surface area (Å²) in [7, 11) is 0. The van der Waals surface area contributed by atoms with E-state index in [-0.39, 0.29) is 6.61 Å². The van der Waals surface area contributed by atoms with Gasteiger partial charge in [0.1, 0.15) is 0 Å². The van der Waals surface area contributed by atoms with E-state index in [0.717, 1.165) is 19.3 Å². The van der Waals surface area contributed by atoms with E-state index in [1.165, 1.54) is 6.26 Å². The molecule has 5 heteroatoms. The highest BCUT2D eigenvalue weighted by atomic mass is 16.6. The number of ether oxygens (including phenoxy) is 2. The average molecular weight is 216 g/mol. The minimum atomic E-state index is -1.55. The second-order valence-electron chi connectivity index (χ2n) is 2.89. The van der Waals surface area contributed by atoms with Crippen LogP contribution >= 0.6 is 0 Å². The van der Waals surface area contributed by atoms with E-state index in [0.29, 0.717) is 13.0 Å². The number of hydrogen-bond donors (Lipinski definition) is 1. The molecule has 0 spiro atoms. The van der Waals surface area contributed by atoms with Crippen LogP contribution < -0.4 is 0 Å². The highest BCUT2D eigenvalue weighted by Crippen LogP contribution is 2.00. The molecule has 0 aliphatic heterocycles. The van der Waals surface area contributed by atoms with Crippen molar-refractivity contribution in [3.05, 3.63) is 12.8 Å². The molecular weight excluding hydrogens is 200 g/mol. The van der Waals surface area contributed by atoms with Crippen LogP contribution in [0.3, 0.4) is 0 Å². The Hall–Kier alpha value is -1.52. The second kappa shape index (κ2) is 9.05. The number of carbonyl (C=O) groups excluding carboxylic acids is 1. The smallest absolute Gasteiger partial charge is 0.417 e. The summed E-state index contributed by atoms with van der Waals surface area (Å²) >= 11 is 0. The first-order valence-corrected chi connectivity index (χ1v) is 4.81. The van der Waals surface area contributed by atoms with Gasteiger partial charge >= 0.3 is 11.9 Å². The molecule has 0 rings (SSSR count). The monoisotopic (exact) mass is 216 g/mol. The number of carboxylic acid groups (broad SMARTS) is 1. The van der Waals surface area contributed by atoms with Crippen molar-refractivity contribution >= 4 is 11.9 Å². The molecule has 86 valence electrons. The summed E-state index contributed by atoms with van der Waals surface area (Å²) in [5.41, 5.74) is 0. The van der Waals surface area contributed by atoms with Crippen LogP contribution in [-0.2, 0) is 19.1 Å². The molecule has 0 amide bonds. The maximum absolute atomic E-state index is 10.5. The van der Waals surface area contributed by atoms with E-state index >= 15 is 0 Å². The Morgan fingerprint density at radius 1 is 1.13 bits per heavy atom. The van der Waals surface area contributed by atoms with Gasteiger partial charge in [-0.05, 0) is 25.7 Å². The van der Waals surface area contributed by atoms with Gasteiger partial charge in [-0.3, -0.25) is 0 Å². The standard InChI is InChI=1S/C10H16O5/c1-2-14-7-5-3-4-6-8-15-10(13)9(11)12/h2H,1,3-8H2,(H,11,12). The molecule has 0 saturated heterocycles. The Morgan fingerprint density at radius 3 is 2.27 bits per heavy atom. The van der Waals surface area contributed by atoms with Gasteiger partial charge in [-0.2, -0.15) is 0 Å². The molecule has 15 heavy (non-hydrogen) atoms. The highest BCUT2D eigenvalue weighted by molar-refractivity contribution is 6.28. The van der Waals surface area contributed by atoms with E-state index in [1.54, 1.807) is 0 Å². The minimum absolute atomic E-state index is 0.160. The van der Waals surface area contributed by atoms with Crippen molar-refractivity contribution in [1.82, 2.24) is 0 Å². The summed E-state index contributed by atoms with van der Waals surface area (Å²) in [4.78, 5) is 20.5. The zero-order chi connectivity index (χ0) is 11.5. The predicted molar refractivity (Wildman–Crippen MR) is 53.2 cm³/mol. The lowest BCUT2D eigenvalue weighted by molar-refractivity contribution is -0.163. The number of esters is 1. The largest absolute Gasteiger partial charge is 0.502 e. The molecule has 5 nitrogen and oxygen atoms in total. The van der Waals surface area contributed by atoms with Gasteiger partial charge in [-0.25, -0.2) is 9.59 Å². The van der Waals surface area contributed by atoms with Gasteiger partial charge in [0.15, 0.2) is 0 Å². The van der Waals surface area contributed by atoms with Crippen LogP contribution in [-0.4, -0.2) is 30.3 Å². The van der Waals surface area contributed by atoms with E-state index in [2.05, 4.69) is 11.3 Å². The molecule has 0 aromatic carbocycles. The third-order valence-electron chi connectivity index (χ3n) is 1.68. The molecular formula is C10H16O5. The number of aliphatic carboxylic acids is 1. The SMILES string of the molecule is C=COCCCCCCOC(=O)C(=O)O. The lowest BCUT2D eigenvalue weighted by Crippen LogP contribution is -2.16. The van der Waals surface area contributed by atoms with Crippen molar-refractivity contribution in [3.63, 3.8) is 0 Å². The third-order valence-corrected chi connectivity index (χ3v) is 1.68. The Balaban J connectivity index is 3.14. The van der Waals surface area contributed by atoms with Gasteiger partial charge in [-0.1, -0.05) is 6.58 Å². The molecule has 1 N–H and O–H groups in total. The number of rotatable bonds is 8. The maximum Gasteiger partial charge on any atom is 0.417 e. The summed E-state index contributed by atoms with van der Waals surface area (Å²) in [5, 5.41) is 8.18. The van der Waals surface area contributed by atoms with E-state index in [9.17, 15) is 9.59 Å². The molecule has 0 radical (unpaired) electrons. The van der Waals surface area contributed by atoms with Crippen molar-refractivity contribution < 1.29 is 24.2 Å². The number of carboxylic acids is 1. The van der Waals surface area contributed by atoms with Crippen molar-refractivity contribution in [2.45, 2.75) is 25.7 Å². The van der Waals surface area contributed by atoms with Crippen LogP contribution in [0, 0.1) is 0 Å². The average Bonchev–Trinajstić information content (AvgIpc) is 2.21. The third kappa shape index (κ3) is 8.80. The molecule has 0 unspecified atom stereocenters. The highest BCUT2D eigenvalue weighted by Gasteiger charge is 2.11. The topological polar surface area (TPSA) is 72.8 Å². The van der Waals surface area contributed by atoms with E-state index in [1.807, 2.05) is 0 Å². The number of hydrogen-bond acceptors (Lipinski definition) is 4. The number of unbranched alkanes of at least 4 members (excludes halogenated alkanes) is 3. The van der Waals surface area contributed by atoms with Crippen LogP contribution in [0.1, 0.15) is 25.7 Å². The van der Waals surface area contributed by atoms with Crippen LogP contribution in [0.15, 0.2) is 12.8 Å². The zero-order valence-corrected chi connectivity index (χ0v) is 8.61. The maximum atomic E-state index is 10.5. The fourth-order valence-corrected chi connectivity index (χ4v) is 0.951. The van der Waals surface area contributed by atoms with Gasteiger partial charge in [0.05, 0.1) is 19.5 Å². The quantitative estimate of drug-likeness (QED) is 0.287. The van der Waals surface area contributed by atoms with Gasteiger partial charge in [0.25, 0.3) is 0 Å². The molecule has 0 aliphatic carbocycles. The first-order valence-electron chi connectivity index (χ1n) is 4.81. The molecule has 0 aromatic rings. The lowest BCUT2D eigenvalue weighted by atomic mass is 10.2. The molecule has 0 aliphatic rings. The zero-order valence-electron chi connectivity index (χ0n) is 8.61. The van der Waals surface area contributed by atoms with Crippen molar-refractivity contribution in [2.24, 2.45) is 0 Å².